The Kier molecular flexibility index (Phi) is 3.09. The maximum atomic E-state index is 13.2. The summed E-state index contributed by atoms with van der Waals surface area (Å²) in [6, 6.07) is 4.21. The highest BCUT2D eigenvalue weighted by Gasteiger charge is 2.64. The van der Waals surface area contributed by atoms with Crippen LogP contribution in [0.15, 0.2) is 12.1 Å². The van der Waals surface area contributed by atoms with Crippen molar-refractivity contribution < 1.29 is 14.3 Å². The first-order valence-electron chi connectivity index (χ1n) is 8.44. The Morgan fingerprint density at radius 1 is 1.17 bits per heavy atom. The molecule has 1 aromatic rings. The van der Waals surface area contributed by atoms with Crippen LogP contribution >= 0.6 is 0 Å². The van der Waals surface area contributed by atoms with Gasteiger partial charge in [-0.25, -0.2) is 0 Å². The van der Waals surface area contributed by atoms with E-state index in [1.807, 2.05) is 20.9 Å². The molecular formula is C19H23NO3. The fraction of sp³-hybridized carbons (Fsp3) is 0.579. The van der Waals surface area contributed by atoms with Gasteiger partial charge in [0.2, 0.25) is 5.91 Å². The van der Waals surface area contributed by atoms with Gasteiger partial charge in [-0.05, 0) is 50.7 Å². The van der Waals surface area contributed by atoms with Crippen molar-refractivity contribution in [3.05, 3.63) is 28.8 Å². The van der Waals surface area contributed by atoms with Crippen LogP contribution in [0.2, 0.25) is 0 Å². The third-order valence-electron chi connectivity index (χ3n) is 6.07. The molecule has 2 aliphatic carbocycles. The molecule has 4 rings (SSSR count). The number of rotatable bonds is 2. The summed E-state index contributed by atoms with van der Waals surface area (Å²) in [6.07, 6.45) is 1.91. The summed E-state index contributed by atoms with van der Waals surface area (Å²) in [5.41, 5.74) is 4.39. The molecule has 2 saturated carbocycles. The lowest BCUT2D eigenvalue weighted by Gasteiger charge is -2.30. The molecule has 3 aliphatic rings. The third-order valence-corrected chi connectivity index (χ3v) is 6.07. The highest BCUT2D eigenvalue weighted by molar-refractivity contribution is 5.99. The standard InChI is InChI=1S/C19H23NO3/c1-9-5-10(2)17(11(3)6-9)20(4)18(21)15-12-7-13-14(8-12)23-19(22)16(13)15/h5-6,12-16H,7-8H2,1-4H3/t12-,13+,14-,15+,16-/m0/s1. The highest BCUT2D eigenvalue weighted by Crippen LogP contribution is 2.58. The second-order valence-corrected chi connectivity index (χ2v) is 7.57. The van der Waals surface area contributed by atoms with Gasteiger partial charge in [-0.1, -0.05) is 17.7 Å². The number of ether oxygens (including phenoxy) is 1. The number of benzene rings is 1. The lowest BCUT2D eigenvalue weighted by atomic mass is 9.79. The minimum Gasteiger partial charge on any atom is -0.462 e. The molecule has 5 atom stereocenters. The number of hydrogen-bond donors (Lipinski definition) is 0. The molecule has 2 bridgehead atoms. The summed E-state index contributed by atoms with van der Waals surface area (Å²) < 4.78 is 5.46. The van der Waals surface area contributed by atoms with E-state index in [0.29, 0.717) is 5.92 Å². The van der Waals surface area contributed by atoms with Crippen molar-refractivity contribution in [2.45, 2.75) is 39.7 Å². The van der Waals surface area contributed by atoms with E-state index in [1.54, 1.807) is 4.90 Å². The number of hydrogen-bond acceptors (Lipinski definition) is 3. The SMILES string of the molecule is Cc1cc(C)c(N(C)C(=O)[C@@H]2[C@H]3C[C@H]4[C@@H]2C(=O)O[C@H]4C3)c(C)c1. The first-order valence-corrected chi connectivity index (χ1v) is 8.44. The number of aryl methyl sites for hydroxylation is 3. The van der Waals surface area contributed by atoms with Crippen molar-refractivity contribution in [2.75, 3.05) is 11.9 Å². The molecule has 0 spiro atoms. The van der Waals surface area contributed by atoms with Crippen molar-refractivity contribution >= 4 is 17.6 Å². The average molecular weight is 313 g/mol. The molecule has 0 unspecified atom stereocenters. The van der Waals surface area contributed by atoms with Crippen LogP contribution < -0.4 is 4.90 Å². The zero-order valence-electron chi connectivity index (χ0n) is 14.1. The molecule has 3 fully saturated rings. The molecule has 122 valence electrons. The fourth-order valence-corrected chi connectivity index (χ4v) is 5.38. The van der Waals surface area contributed by atoms with Crippen LogP contribution in [0, 0.1) is 44.4 Å². The zero-order chi connectivity index (χ0) is 16.5. The van der Waals surface area contributed by atoms with Gasteiger partial charge in [0, 0.05) is 18.7 Å². The molecule has 1 aliphatic heterocycles. The van der Waals surface area contributed by atoms with E-state index in [1.165, 1.54) is 5.56 Å². The van der Waals surface area contributed by atoms with Gasteiger partial charge in [0.05, 0.1) is 11.8 Å². The lowest BCUT2D eigenvalue weighted by molar-refractivity contribution is -0.145. The molecule has 0 aromatic heterocycles. The minimum atomic E-state index is -0.209. The quantitative estimate of drug-likeness (QED) is 0.789. The maximum absolute atomic E-state index is 13.2. The normalized spacial score (nSPS) is 33.9. The van der Waals surface area contributed by atoms with Gasteiger partial charge in [-0.2, -0.15) is 0 Å². The van der Waals surface area contributed by atoms with Crippen LogP contribution in [0.4, 0.5) is 5.69 Å². The Morgan fingerprint density at radius 2 is 1.83 bits per heavy atom. The number of amides is 1. The van der Waals surface area contributed by atoms with Crippen molar-refractivity contribution in [3.63, 3.8) is 0 Å². The summed E-state index contributed by atoms with van der Waals surface area (Å²) in [5, 5.41) is 0. The maximum Gasteiger partial charge on any atom is 0.310 e. The van der Waals surface area contributed by atoms with Crippen molar-refractivity contribution in [1.29, 1.82) is 0 Å². The first kappa shape index (κ1) is 14.7. The van der Waals surface area contributed by atoms with Crippen LogP contribution in [-0.4, -0.2) is 25.0 Å². The van der Waals surface area contributed by atoms with E-state index in [9.17, 15) is 9.59 Å². The third kappa shape index (κ3) is 1.97. The summed E-state index contributed by atoms with van der Waals surface area (Å²) in [7, 11) is 1.84. The van der Waals surface area contributed by atoms with Crippen LogP contribution in [0.1, 0.15) is 29.5 Å². The van der Waals surface area contributed by atoms with E-state index < -0.39 is 0 Å². The number of fused-ring (bicyclic) bond motifs is 1. The van der Waals surface area contributed by atoms with Crippen molar-refractivity contribution in [2.24, 2.45) is 23.7 Å². The number of esters is 1. The summed E-state index contributed by atoms with van der Waals surface area (Å²) in [6.45, 7) is 6.15. The number of anilines is 1. The summed E-state index contributed by atoms with van der Waals surface area (Å²) in [4.78, 5) is 27.1. The number of carbonyl (C=O) groups excluding carboxylic acids is 2. The van der Waals surface area contributed by atoms with Crippen LogP contribution in [0.25, 0.3) is 0 Å². The van der Waals surface area contributed by atoms with Gasteiger partial charge in [0.25, 0.3) is 0 Å². The number of nitrogens with zero attached hydrogens (tertiary/aromatic N) is 1. The Balaban J connectivity index is 1.67. The Bertz CT molecular complexity index is 686. The largest absolute Gasteiger partial charge is 0.462 e. The molecule has 23 heavy (non-hydrogen) atoms. The Labute approximate surface area is 136 Å². The molecule has 4 heteroatoms. The second-order valence-electron chi connectivity index (χ2n) is 7.57. The summed E-state index contributed by atoms with van der Waals surface area (Å²) in [5.74, 6) is 0.104. The molecule has 1 saturated heterocycles. The van der Waals surface area contributed by atoms with Gasteiger partial charge in [0.15, 0.2) is 0 Å². The average Bonchev–Trinajstić information content (AvgIpc) is 3.06. The molecule has 1 amide bonds. The second kappa shape index (κ2) is 4.83. The molecule has 4 nitrogen and oxygen atoms in total. The number of carbonyl (C=O) groups is 2. The van der Waals surface area contributed by atoms with E-state index in [4.69, 9.17) is 4.74 Å². The van der Waals surface area contributed by atoms with Gasteiger partial charge in [-0.3, -0.25) is 9.59 Å². The first-order chi connectivity index (χ1) is 10.9. The van der Waals surface area contributed by atoms with Crippen molar-refractivity contribution in [3.8, 4) is 0 Å². The monoisotopic (exact) mass is 313 g/mol. The van der Waals surface area contributed by atoms with E-state index >= 15 is 0 Å². The highest BCUT2D eigenvalue weighted by atomic mass is 16.6. The van der Waals surface area contributed by atoms with Gasteiger partial charge >= 0.3 is 5.97 Å². The summed E-state index contributed by atoms with van der Waals surface area (Å²) >= 11 is 0. The van der Waals surface area contributed by atoms with E-state index in [0.717, 1.165) is 29.7 Å². The smallest absolute Gasteiger partial charge is 0.310 e. The predicted molar refractivity (Wildman–Crippen MR) is 87.1 cm³/mol. The zero-order valence-corrected chi connectivity index (χ0v) is 14.1. The van der Waals surface area contributed by atoms with Gasteiger partial charge in [-0.15, -0.1) is 0 Å². The van der Waals surface area contributed by atoms with Crippen LogP contribution in [0.5, 0.6) is 0 Å². The Hall–Kier alpha value is -1.84. The fourth-order valence-electron chi connectivity index (χ4n) is 5.38. The minimum absolute atomic E-state index is 0.0784. The van der Waals surface area contributed by atoms with Gasteiger partial charge in [0.1, 0.15) is 6.10 Å². The van der Waals surface area contributed by atoms with Gasteiger partial charge < -0.3 is 9.64 Å². The van der Waals surface area contributed by atoms with E-state index in [-0.39, 0.29) is 35.7 Å². The molecule has 1 heterocycles. The Morgan fingerprint density at radius 3 is 2.48 bits per heavy atom. The van der Waals surface area contributed by atoms with Crippen molar-refractivity contribution in [1.82, 2.24) is 0 Å². The predicted octanol–water partition coefficient (Wildman–Crippen LogP) is 2.77. The molecule has 1 aromatic carbocycles. The van der Waals surface area contributed by atoms with E-state index in [2.05, 4.69) is 19.1 Å². The topological polar surface area (TPSA) is 46.6 Å². The molecule has 0 radical (unpaired) electrons. The molecular weight excluding hydrogens is 290 g/mol. The van der Waals surface area contributed by atoms with Crippen LogP contribution in [-0.2, 0) is 14.3 Å². The molecule has 0 N–H and O–H groups in total. The van der Waals surface area contributed by atoms with Crippen LogP contribution in [0.3, 0.4) is 0 Å². The lowest BCUT2D eigenvalue weighted by Crippen LogP contribution is -2.41.